The van der Waals surface area contributed by atoms with Crippen LogP contribution in [0.3, 0.4) is 0 Å². The molecule has 2 unspecified atom stereocenters. The molecule has 1 N–H and O–H groups in total. The van der Waals surface area contributed by atoms with Gasteiger partial charge < -0.3 is 14.8 Å². The third kappa shape index (κ3) is 6.82. The number of alkyl halides is 3. The van der Waals surface area contributed by atoms with Gasteiger partial charge in [-0.25, -0.2) is 9.97 Å². The lowest BCUT2D eigenvalue weighted by Gasteiger charge is -2.35. The topological polar surface area (TPSA) is 72.4 Å². The van der Waals surface area contributed by atoms with E-state index >= 15 is 0 Å². The van der Waals surface area contributed by atoms with Crippen LogP contribution in [0.5, 0.6) is 5.75 Å². The molecule has 3 heterocycles. The number of hydrogen-bond donors (Lipinski definition) is 1. The van der Waals surface area contributed by atoms with Crippen LogP contribution in [-0.2, 0) is 16.3 Å². The van der Waals surface area contributed by atoms with Crippen LogP contribution >= 0.6 is 0 Å². The standard InChI is InChI=1S/C32H36F3N5O2/c1-20-17-40(18-21(2)42-20)13-14-41-28-16-23(9-11-25(28)31(3,4)5)39-30-24-10-8-22(15-27(24)37-19-38-30)29-26(32(33,34)35)7-6-12-36-29/h6-12,15-16,19-21H,13-14,17-18H2,1-5H3,(H,37,38,39). The monoisotopic (exact) mass is 579 g/mol. The third-order valence-electron chi connectivity index (χ3n) is 7.24. The highest BCUT2D eigenvalue weighted by Crippen LogP contribution is 2.38. The first-order valence-corrected chi connectivity index (χ1v) is 14.1. The zero-order valence-electron chi connectivity index (χ0n) is 24.5. The predicted molar refractivity (Wildman–Crippen MR) is 158 cm³/mol. The van der Waals surface area contributed by atoms with Crippen molar-refractivity contribution in [3.63, 3.8) is 0 Å². The fraction of sp³-hybridized carbons (Fsp3) is 0.406. The second-order valence-electron chi connectivity index (χ2n) is 11.8. The number of benzene rings is 2. The molecule has 2 aromatic heterocycles. The maximum Gasteiger partial charge on any atom is 0.418 e. The second-order valence-corrected chi connectivity index (χ2v) is 11.8. The molecule has 1 saturated heterocycles. The molecule has 0 amide bonds. The van der Waals surface area contributed by atoms with Crippen molar-refractivity contribution in [3.8, 4) is 17.0 Å². The lowest BCUT2D eigenvalue weighted by Crippen LogP contribution is -2.46. The molecule has 0 radical (unpaired) electrons. The number of nitrogens with one attached hydrogen (secondary N) is 1. The van der Waals surface area contributed by atoms with Crippen molar-refractivity contribution in [1.29, 1.82) is 0 Å². The minimum absolute atomic E-state index is 0.130. The zero-order chi connectivity index (χ0) is 30.1. The van der Waals surface area contributed by atoms with Gasteiger partial charge in [-0.2, -0.15) is 13.2 Å². The van der Waals surface area contributed by atoms with Crippen molar-refractivity contribution < 1.29 is 22.6 Å². The SMILES string of the molecule is CC1CN(CCOc2cc(Nc3ncnc4cc(-c5ncccc5C(F)(F)F)ccc34)ccc2C(C)(C)C)CC(C)O1. The van der Waals surface area contributed by atoms with Crippen LogP contribution in [0.2, 0.25) is 0 Å². The van der Waals surface area contributed by atoms with Crippen LogP contribution in [0.4, 0.5) is 24.7 Å². The van der Waals surface area contributed by atoms with Crippen molar-refractivity contribution in [1.82, 2.24) is 19.9 Å². The number of fused-ring (bicyclic) bond motifs is 1. The van der Waals surface area contributed by atoms with Crippen LogP contribution in [0, 0.1) is 0 Å². The van der Waals surface area contributed by atoms with E-state index in [1.807, 2.05) is 12.1 Å². The Morgan fingerprint density at radius 3 is 2.43 bits per heavy atom. The lowest BCUT2D eigenvalue weighted by molar-refractivity contribution is -0.137. The molecule has 4 aromatic rings. The molecule has 1 aliphatic rings. The Balaban J connectivity index is 1.39. The molecule has 0 saturated carbocycles. The molecule has 2 aromatic carbocycles. The van der Waals surface area contributed by atoms with E-state index < -0.39 is 11.7 Å². The van der Waals surface area contributed by atoms with Crippen molar-refractivity contribution in [2.45, 2.75) is 58.4 Å². The minimum atomic E-state index is -4.52. The van der Waals surface area contributed by atoms with Crippen molar-refractivity contribution >= 4 is 22.4 Å². The molecule has 7 nitrogen and oxygen atoms in total. The summed E-state index contributed by atoms with van der Waals surface area (Å²) < 4.78 is 53.0. The zero-order valence-corrected chi connectivity index (χ0v) is 24.5. The number of ether oxygens (including phenoxy) is 2. The van der Waals surface area contributed by atoms with Crippen LogP contribution in [0.25, 0.3) is 22.2 Å². The summed E-state index contributed by atoms with van der Waals surface area (Å²) in [6.45, 7) is 13.7. The number of anilines is 2. The summed E-state index contributed by atoms with van der Waals surface area (Å²) in [5.74, 6) is 1.33. The fourth-order valence-corrected chi connectivity index (χ4v) is 5.40. The molecule has 5 rings (SSSR count). The normalized spacial score (nSPS) is 18.3. The highest BCUT2D eigenvalue weighted by Gasteiger charge is 2.34. The first kappa shape index (κ1) is 29.7. The minimum Gasteiger partial charge on any atom is -0.492 e. The Morgan fingerprint density at radius 1 is 0.952 bits per heavy atom. The van der Waals surface area contributed by atoms with Gasteiger partial charge in [0.15, 0.2) is 0 Å². The van der Waals surface area contributed by atoms with E-state index in [1.165, 1.54) is 18.6 Å². The molecule has 42 heavy (non-hydrogen) atoms. The van der Waals surface area contributed by atoms with Gasteiger partial charge in [0.25, 0.3) is 0 Å². The van der Waals surface area contributed by atoms with Crippen LogP contribution in [-0.4, -0.2) is 58.3 Å². The number of aromatic nitrogens is 3. The van der Waals surface area contributed by atoms with Gasteiger partial charge in [-0.3, -0.25) is 9.88 Å². The smallest absolute Gasteiger partial charge is 0.418 e. The van der Waals surface area contributed by atoms with E-state index in [0.29, 0.717) is 28.9 Å². The molecule has 2 atom stereocenters. The first-order chi connectivity index (χ1) is 19.9. The predicted octanol–water partition coefficient (Wildman–Crippen LogP) is 7.24. The Kier molecular flexibility index (Phi) is 8.39. The van der Waals surface area contributed by atoms with Crippen LogP contribution in [0.1, 0.15) is 45.7 Å². The van der Waals surface area contributed by atoms with Gasteiger partial charge in [0, 0.05) is 48.5 Å². The Hall–Kier alpha value is -3.76. The van der Waals surface area contributed by atoms with E-state index in [-0.39, 0.29) is 23.3 Å². The second kappa shape index (κ2) is 11.9. The third-order valence-corrected chi connectivity index (χ3v) is 7.24. The van der Waals surface area contributed by atoms with E-state index in [2.05, 4.69) is 65.9 Å². The van der Waals surface area contributed by atoms with E-state index in [9.17, 15) is 13.2 Å². The molecule has 10 heteroatoms. The van der Waals surface area contributed by atoms with Gasteiger partial charge in [-0.15, -0.1) is 0 Å². The molecule has 0 aliphatic carbocycles. The van der Waals surface area contributed by atoms with Crippen molar-refractivity contribution in [2.75, 3.05) is 31.6 Å². The Morgan fingerprint density at radius 2 is 1.71 bits per heavy atom. The van der Waals surface area contributed by atoms with Crippen LogP contribution in [0.15, 0.2) is 61.1 Å². The van der Waals surface area contributed by atoms with E-state index in [1.54, 1.807) is 18.2 Å². The summed E-state index contributed by atoms with van der Waals surface area (Å²) in [7, 11) is 0. The quantitative estimate of drug-likeness (QED) is 0.247. The Bertz CT molecular complexity index is 1540. The lowest BCUT2D eigenvalue weighted by atomic mass is 9.86. The molecule has 0 spiro atoms. The summed E-state index contributed by atoms with van der Waals surface area (Å²) in [6, 6.07) is 13.2. The average molecular weight is 580 g/mol. The number of rotatable bonds is 7. The highest BCUT2D eigenvalue weighted by atomic mass is 19.4. The average Bonchev–Trinajstić information content (AvgIpc) is 2.91. The highest BCUT2D eigenvalue weighted by molar-refractivity contribution is 5.93. The van der Waals surface area contributed by atoms with Gasteiger partial charge in [0.1, 0.15) is 24.5 Å². The first-order valence-electron chi connectivity index (χ1n) is 14.1. The van der Waals surface area contributed by atoms with Gasteiger partial charge in [0.2, 0.25) is 0 Å². The molecule has 1 fully saturated rings. The fourth-order valence-electron chi connectivity index (χ4n) is 5.40. The number of pyridine rings is 1. The van der Waals surface area contributed by atoms with E-state index in [4.69, 9.17) is 9.47 Å². The number of halogens is 3. The number of nitrogens with zero attached hydrogens (tertiary/aromatic N) is 4. The Labute approximate surface area is 244 Å². The molecular formula is C32H36F3N5O2. The summed E-state index contributed by atoms with van der Waals surface area (Å²) >= 11 is 0. The van der Waals surface area contributed by atoms with Crippen molar-refractivity contribution in [2.24, 2.45) is 0 Å². The maximum atomic E-state index is 13.6. The summed E-state index contributed by atoms with van der Waals surface area (Å²) in [6.07, 6.45) is -1.38. The largest absolute Gasteiger partial charge is 0.492 e. The van der Waals surface area contributed by atoms with Crippen LogP contribution < -0.4 is 10.1 Å². The van der Waals surface area contributed by atoms with Gasteiger partial charge in [-0.1, -0.05) is 32.9 Å². The van der Waals surface area contributed by atoms with Crippen molar-refractivity contribution in [3.05, 3.63) is 72.2 Å². The molecular weight excluding hydrogens is 543 g/mol. The van der Waals surface area contributed by atoms with Gasteiger partial charge in [-0.05, 0) is 55.2 Å². The summed E-state index contributed by atoms with van der Waals surface area (Å²) in [4.78, 5) is 15.1. The molecule has 1 aliphatic heterocycles. The summed E-state index contributed by atoms with van der Waals surface area (Å²) in [5, 5.41) is 4.03. The van der Waals surface area contributed by atoms with Gasteiger partial charge >= 0.3 is 6.18 Å². The maximum absolute atomic E-state index is 13.6. The van der Waals surface area contributed by atoms with Gasteiger partial charge in [0.05, 0.1) is 29.0 Å². The van der Waals surface area contributed by atoms with E-state index in [0.717, 1.165) is 42.7 Å². The molecule has 222 valence electrons. The summed E-state index contributed by atoms with van der Waals surface area (Å²) in [5.41, 5.74) is 1.63. The molecule has 0 bridgehead atoms. The number of morpholine rings is 1. The number of hydrogen-bond acceptors (Lipinski definition) is 7.